The number of carbonyl (C=O) groups excluding carboxylic acids is 1. The number of thioether (sulfide) groups is 1. The zero-order chi connectivity index (χ0) is 23.8. The summed E-state index contributed by atoms with van der Waals surface area (Å²) in [6.45, 7) is 10.4. The summed E-state index contributed by atoms with van der Waals surface area (Å²) < 4.78 is 11.1. The monoisotopic (exact) mass is 466 g/mol. The van der Waals surface area contributed by atoms with Gasteiger partial charge in [0.25, 0.3) is 0 Å². The average Bonchev–Trinajstić information content (AvgIpc) is 3.11. The van der Waals surface area contributed by atoms with E-state index in [1.165, 1.54) is 11.8 Å². The Kier molecular flexibility index (Phi) is 8.60. The molecule has 1 aliphatic rings. The summed E-state index contributed by atoms with van der Waals surface area (Å²) in [4.78, 5) is 20.0. The second kappa shape index (κ2) is 11.6. The number of carbonyl (C=O) groups is 1. The van der Waals surface area contributed by atoms with Crippen molar-refractivity contribution < 1.29 is 19.4 Å². The van der Waals surface area contributed by atoms with Crippen molar-refractivity contribution in [3.63, 3.8) is 0 Å². The van der Waals surface area contributed by atoms with Crippen LogP contribution in [0.2, 0.25) is 0 Å². The van der Waals surface area contributed by atoms with E-state index in [0.717, 1.165) is 24.3 Å². The van der Waals surface area contributed by atoms with Gasteiger partial charge in [0.1, 0.15) is 22.1 Å². The van der Waals surface area contributed by atoms with Crippen LogP contribution in [0.15, 0.2) is 69.8 Å². The summed E-state index contributed by atoms with van der Waals surface area (Å²) >= 11 is 1.24. The van der Waals surface area contributed by atoms with Gasteiger partial charge >= 0.3 is 5.97 Å². The molecule has 2 aromatic rings. The summed E-state index contributed by atoms with van der Waals surface area (Å²) in [6, 6.07) is 15.3. The molecule has 0 radical (unpaired) electrons. The standard InChI is InChI=1S/C26H30N2O4S/c1-5-28(6-2)20-15-14-18(21(17-20)31-7-3)16-22-24(29)23(26(30)32-8-4)25(33-22)27-19-12-10-9-11-13-19/h9-17,29H,5-8H2,1-4H3/b22-16-,27-25?. The van der Waals surface area contributed by atoms with Gasteiger partial charge < -0.3 is 19.5 Å². The molecule has 0 saturated carbocycles. The van der Waals surface area contributed by atoms with Crippen molar-refractivity contribution in [3.8, 4) is 5.75 Å². The Morgan fingerprint density at radius 3 is 2.42 bits per heavy atom. The van der Waals surface area contributed by atoms with Crippen molar-refractivity contribution in [1.82, 2.24) is 0 Å². The third kappa shape index (κ3) is 5.79. The molecule has 0 fully saturated rings. The first-order chi connectivity index (χ1) is 16.0. The van der Waals surface area contributed by atoms with Crippen molar-refractivity contribution in [2.75, 3.05) is 31.2 Å². The second-order valence-electron chi connectivity index (χ2n) is 7.13. The van der Waals surface area contributed by atoms with Gasteiger partial charge in [0.2, 0.25) is 0 Å². The minimum Gasteiger partial charge on any atom is -0.506 e. The Hall–Kier alpha value is -3.19. The molecule has 3 rings (SSSR count). The van der Waals surface area contributed by atoms with Crippen LogP contribution in [0, 0.1) is 0 Å². The number of aliphatic hydroxyl groups excluding tert-OH is 1. The van der Waals surface area contributed by atoms with Crippen LogP contribution in [0.5, 0.6) is 5.75 Å². The van der Waals surface area contributed by atoms with Crippen LogP contribution in [-0.2, 0) is 9.53 Å². The number of hydrogen-bond acceptors (Lipinski definition) is 7. The zero-order valence-corrected chi connectivity index (χ0v) is 20.3. The molecule has 0 spiro atoms. The molecule has 1 N–H and O–H groups in total. The molecule has 0 unspecified atom stereocenters. The third-order valence-corrected chi connectivity index (χ3v) is 6.09. The van der Waals surface area contributed by atoms with Crippen LogP contribution in [0.25, 0.3) is 6.08 Å². The Bertz CT molecular complexity index is 1070. The number of esters is 1. The van der Waals surface area contributed by atoms with E-state index >= 15 is 0 Å². The lowest BCUT2D eigenvalue weighted by Crippen LogP contribution is -2.21. The molecule has 0 amide bonds. The largest absolute Gasteiger partial charge is 0.506 e. The Morgan fingerprint density at radius 1 is 1.06 bits per heavy atom. The van der Waals surface area contributed by atoms with Crippen molar-refractivity contribution in [2.45, 2.75) is 27.7 Å². The number of rotatable bonds is 9. The summed E-state index contributed by atoms with van der Waals surface area (Å²) in [5, 5.41) is 11.4. The summed E-state index contributed by atoms with van der Waals surface area (Å²) in [5.74, 6) is -0.0140. The normalized spacial score (nSPS) is 15.9. The van der Waals surface area contributed by atoms with E-state index < -0.39 is 5.97 Å². The minimum absolute atomic E-state index is 0.0784. The molecule has 0 aromatic heterocycles. The predicted molar refractivity (Wildman–Crippen MR) is 137 cm³/mol. The van der Waals surface area contributed by atoms with Gasteiger partial charge in [-0.3, -0.25) is 0 Å². The Labute approximate surface area is 199 Å². The first kappa shape index (κ1) is 24.5. The Balaban J connectivity index is 2.05. The SMILES string of the molecule is CCOC(=O)C1=C(O)/C(=C/c2ccc(N(CC)CC)cc2OCC)SC1=Nc1ccccc1. The van der Waals surface area contributed by atoms with E-state index in [9.17, 15) is 9.90 Å². The minimum atomic E-state index is -0.595. The molecular weight excluding hydrogens is 436 g/mol. The number of aliphatic hydroxyl groups is 1. The second-order valence-corrected chi connectivity index (χ2v) is 8.17. The fourth-order valence-corrected chi connectivity index (χ4v) is 4.49. The predicted octanol–water partition coefficient (Wildman–Crippen LogP) is 6.12. The van der Waals surface area contributed by atoms with Crippen LogP contribution in [0.3, 0.4) is 0 Å². The first-order valence-corrected chi connectivity index (χ1v) is 12.0. The summed E-state index contributed by atoms with van der Waals surface area (Å²) in [5.41, 5.74) is 2.65. The highest BCUT2D eigenvalue weighted by Gasteiger charge is 2.33. The number of aliphatic imine (C=N–C) groups is 1. The average molecular weight is 467 g/mol. The van der Waals surface area contributed by atoms with Crippen molar-refractivity contribution in [3.05, 3.63) is 70.3 Å². The molecule has 7 heteroatoms. The summed E-state index contributed by atoms with van der Waals surface area (Å²) in [6.07, 6.45) is 1.82. The molecular formula is C26H30N2O4S. The highest BCUT2D eigenvalue weighted by atomic mass is 32.2. The van der Waals surface area contributed by atoms with Gasteiger partial charge in [0.05, 0.1) is 23.8 Å². The van der Waals surface area contributed by atoms with Gasteiger partial charge in [-0.05, 0) is 58.0 Å². The van der Waals surface area contributed by atoms with Gasteiger partial charge in [0.15, 0.2) is 0 Å². The van der Waals surface area contributed by atoms with Gasteiger partial charge in [-0.1, -0.05) is 30.0 Å². The maximum Gasteiger partial charge on any atom is 0.344 e. The van der Waals surface area contributed by atoms with Gasteiger partial charge in [0, 0.05) is 30.4 Å². The van der Waals surface area contributed by atoms with Crippen molar-refractivity contribution >= 4 is 40.2 Å². The van der Waals surface area contributed by atoms with Crippen LogP contribution in [0.1, 0.15) is 33.3 Å². The molecule has 6 nitrogen and oxygen atoms in total. The quantitative estimate of drug-likeness (QED) is 0.449. The van der Waals surface area contributed by atoms with Crippen LogP contribution < -0.4 is 9.64 Å². The molecule has 0 saturated heterocycles. The van der Waals surface area contributed by atoms with E-state index in [1.54, 1.807) is 6.92 Å². The highest BCUT2D eigenvalue weighted by molar-refractivity contribution is 8.18. The molecule has 1 heterocycles. The van der Waals surface area contributed by atoms with Crippen LogP contribution >= 0.6 is 11.8 Å². The topological polar surface area (TPSA) is 71.4 Å². The number of benzene rings is 2. The molecule has 1 aliphatic heterocycles. The number of anilines is 1. The van der Waals surface area contributed by atoms with E-state index in [-0.39, 0.29) is 17.9 Å². The highest BCUT2D eigenvalue weighted by Crippen LogP contribution is 2.41. The smallest absolute Gasteiger partial charge is 0.344 e. The molecule has 174 valence electrons. The lowest BCUT2D eigenvalue weighted by Gasteiger charge is -2.22. The molecule has 0 aliphatic carbocycles. The molecule has 33 heavy (non-hydrogen) atoms. The fraction of sp³-hybridized carbons (Fsp3) is 0.308. The van der Waals surface area contributed by atoms with Crippen molar-refractivity contribution in [2.24, 2.45) is 4.99 Å². The maximum absolute atomic E-state index is 12.6. The Morgan fingerprint density at radius 2 is 1.79 bits per heavy atom. The number of ether oxygens (including phenoxy) is 2. The van der Waals surface area contributed by atoms with Crippen LogP contribution in [0.4, 0.5) is 11.4 Å². The number of hydrogen-bond donors (Lipinski definition) is 1. The molecule has 0 bridgehead atoms. The van der Waals surface area contributed by atoms with Gasteiger partial charge in [-0.25, -0.2) is 9.79 Å². The van der Waals surface area contributed by atoms with Crippen molar-refractivity contribution in [1.29, 1.82) is 0 Å². The van der Waals surface area contributed by atoms with Gasteiger partial charge in [-0.2, -0.15) is 0 Å². The van der Waals surface area contributed by atoms with Crippen LogP contribution in [-0.4, -0.2) is 42.4 Å². The lowest BCUT2D eigenvalue weighted by atomic mass is 10.1. The van der Waals surface area contributed by atoms with Gasteiger partial charge in [-0.15, -0.1) is 0 Å². The van der Waals surface area contributed by atoms with E-state index in [1.807, 2.05) is 61.5 Å². The first-order valence-electron chi connectivity index (χ1n) is 11.2. The number of nitrogens with zero attached hydrogens (tertiary/aromatic N) is 2. The van der Waals surface area contributed by atoms with E-state index in [4.69, 9.17) is 9.47 Å². The lowest BCUT2D eigenvalue weighted by molar-refractivity contribution is -0.138. The van der Waals surface area contributed by atoms with E-state index in [2.05, 4.69) is 23.7 Å². The zero-order valence-electron chi connectivity index (χ0n) is 19.5. The molecule has 2 aromatic carbocycles. The maximum atomic E-state index is 12.6. The summed E-state index contributed by atoms with van der Waals surface area (Å²) in [7, 11) is 0. The third-order valence-electron chi connectivity index (χ3n) is 5.07. The fourth-order valence-electron chi connectivity index (χ4n) is 3.46. The number of para-hydroxylation sites is 1. The van der Waals surface area contributed by atoms with E-state index in [0.29, 0.717) is 28.0 Å². The molecule has 0 atom stereocenters.